The summed E-state index contributed by atoms with van der Waals surface area (Å²) in [4.78, 5) is 2.45. The Labute approximate surface area is 115 Å². The van der Waals surface area contributed by atoms with Gasteiger partial charge < -0.3 is 15.2 Å². The van der Waals surface area contributed by atoms with E-state index in [0.717, 1.165) is 50.3 Å². The summed E-state index contributed by atoms with van der Waals surface area (Å²) >= 11 is 0. The molecule has 2 N–H and O–H groups in total. The quantitative estimate of drug-likeness (QED) is 0.855. The molecule has 0 aromatic heterocycles. The molecule has 19 heavy (non-hydrogen) atoms. The monoisotopic (exact) mass is 264 g/mol. The molecule has 0 aliphatic carbocycles. The number of nitrogens with zero attached hydrogens (tertiary/aromatic N) is 1. The minimum Gasteiger partial charge on any atom is -0.508 e. The number of nitrogens with one attached hydrogen (secondary N) is 1. The van der Waals surface area contributed by atoms with Gasteiger partial charge in [0.05, 0.1) is 7.11 Å². The van der Waals surface area contributed by atoms with Crippen LogP contribution in [-0.2, 0) is 0 Å². The molecule has 4 nitrogen and oxygen atoms in total. The number of hydrogen-bond acceptors (Lipinski definition) is 4. The van der Waals surface area contributed by atoms with Crippen LogP contribution in [0.15, 0.2) is 18.2 Å². The van der Waals surface area contributed by atoms with Gasteiger partial charge in [-0.1, -0.05) is 13.3 Å². The van der Waals surface area contributed by atoms with E-state index in [2.05, 4.69) is 17.1 Å². The van der Waals surface area contributed by atoms with Crippen LogP contribution in [0.4, 0.5) is 0 Å². The molecular weight excluding hydrogens is 240 g/mol. The maximum atomic E-state index is 10.2. The Hall–Kier alpha value is -1.26. The first-order valence-electron chi connectivity index (χ1n) is 7.08. The molecule has 1 fully saturated rings. The van der Waals surface area contributed by atoms with E-state index < -0.39 is 0 Å². The molecule has 4 heteroatoms. The average molecular weight is 264 g/mol. The van der Waals surface area contributed by atoms with Crippen LogP contribution in [0.25, 0.3) is 0 Å². The van der Waals surface area contributed by atoms with Gasteiger partial charge in [0, 0.05) is 37.8 Å². The number of aromatic hydroxyl groups is 1. The molecule has 1 heterocycles. The van der Waals surface area contributed by atoms with Crippen LogP contribution in [0.5, 0.6) is 11.5 Å². The summed E-state index contributed by atoms with van der Waals surface area (Å²) in [5.41, 5.74) is 0.989. The summed E-state index contributed by atoms with van der Waals surface area (Å²) in [5, 5.41) is 13.5. The maximum absolute atomic E-state index is 10.2. The highest BCUT2D eigenvalue weighted by molar-refractivity contribution is 5.41. The van der Waals surface area contributed by atoms with Crippen molar-refractivity contribution in [3.8, 4) is 11.5 Å². The van der Waals surface area contributed by atoms with Gasteiger partial charge in [-0.2, -0.15) is 0 Å². The molecule has 106 valence electrons. The highest BCUT2D eigenvalue weighted by Gasteiger charge is 2.24. The fourth-order valence-corrected chi connectivity index (χ4v) is 2.73. The van der Waals surface area contributed by atoms with Gasteiger partial charge in [-0.25, -0.2) is 0 Å². The summed E-state index contributed by atoms with van der Waals surface area (Å²) in [6.07, 6.45) is 2.16. The summed E-state index contributed by atoms with van der Waals surface area (Å²) < 4.78 is 5.28. The molecule has 1 atom stereocenters. The van der Waals surface area contributed by atoms with Gasteiger partial charge in [-0.05, 0) is 24.6 Å². The van der Waals surface area contributed by atoms with Gasteiger partial charge in [0.1, 0.15) is 11.5 Å². The van der Waals surface area contributed by atoms with Crippen molar-refractivity contribution in [2.75, 3.05) is 33.3 Å². The van der Waals surface area contributed by atoms with E-state index in [0.29, 0.717) is 5.75 Å². The summed E-state index contributed by atoms with van der Waals surface area (Å²) in [6, 6.07) is 5.79. The van der Waals surface area contributed by atoms with Crippen molar-refractivity contribution >= 4 is 0 Å². The highest BCUT2D eigenvalue weighted by atomic mass is 16.5. The van der Waals surface area contributed by atoms with E-state index in [-0.39, 0.29) is 6.04 Å². The Morgan fingerprint density at radius 2 is 2.11 bits per heavy atom. The Morgan fingerprint density at radius 3 is 2.74 bits per heavy atom. The SMILES string of the molecule is CCC[C@@H](c1cc(OC)ccc1O)N1CCNCC1. The molecule has 1 aromatic carbocycles. The summed E-state index contributed by atoms with van der Waals surface area (Å²) in [7, 11) is 1.66. The van der Waals surface area contributed by atoms with Gasteiger partial charge >= 0.3 is 0 Å². The first-order valence-corrected chi connectivity index (χ1v) is 7.08. The van der Waals surface area contributed by atoms with Crippen LogP contribution in [0.2, 0.25) is 0 Å². The fourth-order valence-electron chi connectivity index (χ4n) is 2.73. The predicted molar refractivity (Wildman–Crippen MR) is 76.8 cm³/mol. The highest BCUT2D eigenvalue weighted by Crippen LogP contribution is 2.34. The second-order valence-corrected chi connectivity index (χ2v) is 5.02. The van der Waals surface area contributed by atoms with Crippen molar-refractivity contribution < 1.29 is 9.84 Å². The maximum Gasteiger partial charge on any atom is 0.120 e. The van der Waals surface area contributed by atoms with Crippen LogP contribution >= 0.6 is 0 Å². The molecule has 1 aliphatic rings. The first kappa shape index (κ1) is 14.2. The zero-order valence-corrected chi connectivity index (χ0v) is 11.9. The Morgan fingerprint density at radius 1 is 1.37 bits per heavy atom. The predicted octanol–water partition coefficient (Wildman–Crippen LogP) is 2.15. The van der Waals surface area contributed by atoms with Crippen molar-refractivity contribution in [3.05, 3.63) is 23.8 Å². The second kappa shape index (κ2) is 6.78. The Bertz CT molecular complexity index is 403. The number of hydrogen-bond donors (Lipinski definition) is 2. The summed E-state index contributed by atoms with van der Waals surface area (Å²) in [5.74, 6) is 1.18. The number of methoxy groups -OCH3 is 1. The average Bonchev–Trinajstić information content (AvgIpc) is 2.47. The molecule has 2 rings (SSSR count). The van der Waals surface area contributed by atoms with Crippen LogP contribution in [0.3, 0.4) is 0 Å². The minimum atomic E-state index is 0.280. The topological polar surface area (TPSA) is 44.7 Å². The van der Waals surface area contributed by atoms with Crippen molar-refractivity contribution in [3.63, 3.8) is 0 Å². The van der Waals surface area contributed by atoms with E-state index in [1.165, 1.54) is 0 Å². The largest absolute Gasteiger partial charge is 0.508 e. The van der Waals surface area contributed by atoms with Gasteiger partial charge in [0.15, 0.2) is 0 Å². The minimum absolute atomic E-state index is 0.280. The van der Waals surface area contributed by atoms with Gasteiger partial charge in [-0.3, -0.25) is 4.90 Å². The smallest absolute Gasteiger partial charge is 0.120 e. The number of piperazine rings is 1. The van der Waals surface area contributed by atoms with Crippen molar-refractivity contribution in [1.29, 1.82) is 0 Å². The van der Waals surface area contributed by atoms with E-state index in [9.17, 15) is 5.11 Å². The van der Waals surface area contributed by atoms with Gasteiger partial charge in [0.25, 0.3) is 0 Å². The molecule has 0 bridgehead atoms. The van der Waals surface area contributed by atoms with E-state index in [1.54, 1.807) is 19.2 Å². The third kappa shape index (κ3) is 3.39. The normalized spacial score (nSPS) is 18.2. The number of rotatable bonds is 5. The molecule has 0 saturated carbocycles. The second-order valence-electron chi connectivity index (χ2n) is 5.02. The lowest BCUT2D eigenvalue weighted by Crippen LogP contribution is -2.45. The molecule has 1 saturated heterocycles. The van der Waals surface area contributed by atoms with E-state index in [4.69, 9.17) is 4.74 Å². The lowest BCUT2D eigenvalue weighted by atomic mass is 9.98. The Kier molecular flexibility index (Phi) is 5.05. The molecule has 0 unspecified atom stereocenters. The molecular formula is C15H24N2O2. The van der Waals surface area contributed by atoms with Crippen molar-refractivity contribution in [2.24, 2.45) is 0 Å². The van der Waals surface area contributed by atoms with Crippen molar-refractivity contribution in [1.82, 2.24) is 10.2 Å². The molecule has 1 aromatic rings. The summed E-state index contributed by atoms with van der Waals surface area (Å²) in [6.45, 7) is 6.28. The molecule has 0 spiro atoms. The van der Waals surface area contributed by atoms with Crippen molar-refractivity contribution in [2.45, 2.75) is 25.8 Å². The fraction of sp³-hybridized carbons (Fsp3) is 0.600. The molecule has 1 aliphatic heterocycles. The van der Waals surface area contributed by atoms with E-state index >= 15 is 0 Å². The Balaban J connectivity index is 2.26. The van der Waals surface area contributed by atoms with Crippen LogP contribution < -0.4 is 10.1 Å². The van der Waals surface area contributed by atoms with Crippen LogP contribution in [-0.4, -0.2) is 43.3 Å². The van der Waals surface area contributed by atoms with E-state index in [1.807, 2.05) is 6.07 Å². The number of phenolic OH excluding ortho intramolecular Hbond substituents is 1. The standard InChI is InChI=1S/C15H24N2O2/c1-3-4-14(17-9-7-16-8-10-17)13-11-12(19-2)5-6-15(13)18/h5-6,11,14,16,18H,3-4,7-10H2,1-2H3/t14-/m0/s1. The van der Waals surface area contributed by atoms with Gasteiger partial charge in [0.2, 0.25) is 0 Å². The first-order chi connectivity index (χ1) is 9.26. The molecule has 0 amide bonds. The third-order valence-corrected chi connectivity index (χ3v) is 3.75. The number of ether oxygens (including phenoxy) is 1. The molecule has 0 radical (unpaired) electrons. The van der Waals surface area contributed by atoms with Crippen LogP contribution in [0, 0.1) is 0 Å². The third-order valence-electron chi connectivity index (χ3n) is 3.75. The lowest BCUT2D eigenvalue weighted by Gasteiger charge is -2.35. The zero-order chi connectivity index (χ0) is 13.7. The zero-order valence-electron chi connectivity index (χ0n) is 11.9. The van der Waals surface area contributed by atoms with Crippen LogP contribution in [0.1, 0.15) is 31.4 Å². The number of benzene rings is 1. The lowest BCUT2D eigenvalue weighted by molar-refractivity contribution is 0.162. The number of phenols is 1. The van der Waals surface area contributed by atoms with Gasteiger partial charge in [-0.15, -0.1) is 0 Å².